The highest BCUT2D eigenvalue weighted by molar-refractivity contribution is 5.08. The number of aliphatic hydroxyl groups excluding tert-OH is 1. The van der Waals surface area contributed by atoms with E-state index in [0.717, 1.165) is 25.9 Å². The zero-order valence-corrected chi connectivity index (χ0v) is 8.61. The van der Waals surface area contributed by atoms with Crippen molar-refractivity contribution in [3.63, 3.8) is 0 Å². The van der Waals surface area contributed by atoms with Crippen molar-refractivity contribution in [1.29, 1.82) is 0 Å². The van der Waals surface area contributed by atoms with Crippen molar-refractivity contribution in [3.05, 3.63) is 24.0 Å². The van der Waals surface area contributed by atoms with E-state index in [4.69, 9.17) is 0 Å². The predicted octanol–water partition coefficient (Wildman–Crippen LogP) is 1.53. The molecule has 0 radical (unpaired) electrons. The van der Waals surface area contributed by atoms with Gasteiger partial charge in [-0.2, -0.15) is 0 Å². The fourth-order valence-corrected chi connectivity index (χ4v) is 2.07. The molecule has 2 N–H and O–H groups in total. The molecule has 0 aliphatic carbocycles. The van der Waals surface area contributed by atoms with Gasteiger partial charge in [0, 0.05) is 31.0 Å². The van der Waals surface area contributed by atoms with Crippen LogP contribution in [0.25, 0.3) is 0 Å². The molecule has 1 saturated heterocycles. The SMILES string of the molecule is CC(c1ccc[nH]1)N1CCC(O)CC1. The van der Waals surface area contributed by atoms with Gasteiger partial charge in [0.15, 0.2) is 0 Å². The Kier molecular flexibility index (Phi) is 2.89. The first-order valence-corrected chi connectivity index (χ1v) is 5.33. The van der Waals surface area contributed by atoms with E-state index in [1.807, 2.05) is 12.3 Å². The highest BCUT2D eigenvalue weighted by Crippen LogP contribution is 2.22. The summed E-state index contributed by atoms with van der Waals surface area (Å²) in [6, 6.07) is 4.60. The van der Waals surface area contributed by atoms with Crippen LogP contribution in [0.15, 0.2) is 18.3 Å². The van der Waals surface area contributed by atoms with Gasteiger partial charge >= 0.3 is 0 Å². The zero-order chi connectivity index (χ0) is 9.97. The van der Waals surface area contributed by atoms with Crippen LogP contribution in [0.3, 0.4) is 0 Å². The topological polar surface area (TPSA) is 39.3 Å². The van der Waals surface area contributed by atoms with Gasteiger partial charge in [0.05, 0.1) is 6.10 Å². The standard InChI is InChI=1S/C11H18N2O/c1-9(11-3-2-6-12-11)13-7-4-10(14)5-8-13/h2-3,6,9-10,12,14H,4-5,7-8H2,1H3. The minimum Gasteiger partial charge on any atom is -0.393 e. The number of hydrogen-bond donors (Lipinski definition) is 2. The van der Waals surface area contributed by atoms with Gasteiger partial charge in [0.25, 0.3) is 0 Å². The normalized spacial score (nSPS) is 22.4. The Hall–Kier alpha value is -0.800. The summed E-state index contributed by atoms with van der Waals surface area (Å²) in [6.07, 6.45) is 3.70. The monoisotopic (exact) mass is 194 g/mol. The number of hydrogen-bond acceptors (Lipinski definition) is 2. The molecule has 1 aliphatic heterocycles. The highest BCUT2D eigenvalue weighted by atomic mass is 16.3. The molecule has 2 rings (SSSR count). The Morgan fingerprint density at radius 2 is 2.21 bits per heavy atom. The molecule has 1 unspecified atom stereocenters. The molecule has 0 aromatic carbocycles. The summed E-state index contributed by atoms with van der Waals surface area (Å²) in [5, 5.41) is 9.40. The van der Waals surface area contributed by atoms with Gasteiger partial charge < -0.3 is 10.1 Å². The summed E-state index contributed by atoms with van der Waals surface area (Å²) in [6.45, 7) is 4.21. The van der Waals surface area contributed by atoms with Crippen molar-refractivity contribution in [1.82, 2.24) is 9.88 Å². The average molecular weight is 194 g/mol. The van der Waals surface area contributed by atoms with E-state index in [1.54, 1.807) is 0 Å². The maximum absolute atomic E-state index is 9.40. The molecule has 0 saturated carbocycles. The number of H-pyrrole nitrogens is 1. The van der Waals surface area contributed by atoms with E-state index in [1.165, 1.54) is 5.69 Å². The summed E-state index contributed by atoms with van der Waals surface area (Å²) in [5.74, 6) is 0. The third-order valence-electron chi connectivity index (χ3n) is 3.12. The largest absolute Gasteiger partial charge is 0.393 e. The van der Waals surface area contributed by atoms with Crippen LogP contribution in [0.1, 0.15) is 31.5 Å². The summed E-state index contributed by atoms with van der Waals surface area (Å²) in [4.78, 5) is 5.66. The van der Waals surface area contributed by atoms with Crippen LogP contribution in [0, 0.1) is 0 Å². The minimum absolute atomic E-state index is 0.0814. The van der Waals surface area contributed by atoms with Crippen molar-refractivity contribution in [2.75, 3.05) is 13.1 Å². The number of aromatic amines is 1. The maximum atomic E-state index is 9.40. The molecule has 0 bridgehead atoms. The molecule has 1 aliphatic rings. The Balaban J connectivity index is 1.95. The molecule has 0 spiro atoms. The van der Waals surface area contributed by atoms with Crippen LogP contribution >= 0.6 is 0 Å². The van der Waals surface area contributed by atoms with E-state index < -0.39 is 0 Å². The van der Waals surface area contributed by atoms with Gasteiger partial charge in [-0.05, 0) is 31.9 Å². The van der Waals surface area contributed by atoms with Gasteiger partial charge in [-0.25, -0.2) is 0 Å². The number of aliphatic hydroxyl groups is 1. The van der Waals surface area contributed by atoms with E-state index in [9.17, 15) is 5.11 Å². The number of rotatable bonds is 2. The second-order valence-electron chi connectivity index (χ2n) is 4.07. The fraction of sp³-hybridized carbons (Fsp3) is 0.636. The summed E-state index contributed by atoms with van der Waals surface area (Å²) < 4.78 is 0. The van der Waals surface area contributed by atoms with Crippen LogP contribution < -0.4 is 0 Å². The lowest BCUT2D eigenvalue weighted by molar-refractivity contribution is 0.0637. The highest BCUT2D eigenvalue weighted by Gasteiger charge is 2.22. The van der Waals surface area contributed by atoms with Crippen LogP contribution in [-0.4, -0.2) is 34.2 Å². The van der Waals surface area contributed by atoms with Crippen LogP contribution in [0.5, 0.6) is 0 Å². The lowest BCUT2D eigenvalue weighted by Crippen LogP contribution is -2.37. The van der Waals surface area contributed by atoms with Gasteiger partial charge in [-0.3, -0.25) is 4.90 Å². The van der Waals surface area contributed by atoms with Crippen LogP contribution in [0.4, 0.5) is 0 Å². The van der Waals surface area contributed by atoms with E-state index >= 15 is 0 Å². The molecule has 2 heterocycles. The van der Waals surface area contributed by atoms with Crippen LogP contribution in [0.2, 0.25) is 0 Å². The predicted molar refractivity (Wildman–Crippen MR) is 56.0 cm³/mol. The third-order valence-corrected chi connectivity index (χ3v) is 3.12. The Bertz CT molecular complexity index is 263. The Labute approximate surface area is 84.7 Å². The van der Waals surface area contributed by atoms with Crippen molar-refractivity contribution in [2.24, 2.45) is 0 Å². The van der Waals surface area contributed by atoms with Crippen molar-refractivity contribution < 1.29 is 5.11 Å². The molecule has 3 heteroatoms. The lowest BCUT2D eigenvalue weighted by atomic mass is 10.1. The summed E-state index contributed by atoms with van der Waals surface area (Å²) in [5.41, 5.74) is 1.27. The van der Waals surface area contributed by atoms with Crippen molar-refractivity contribution >= 4 is 0 Å². The molecule has 0 amide bonds. The molecule has 3 nitrogen and oxygen atoms in total. The summed E-state index contributed by atoms with van der Waals surface area (Å²) >= 11 is 0. The van der Waals surface area contributed by atoms with Crippen LogP contribution in [-0.2, 0) is 0 Å². The minimum atomic E-state index is -0.0814. The number of nitrogens with zero attached hydrogens (tertiary/aromatic N) is 1. The molecular formula is C11H18N2O. The van der Waals surface area contributed by atoms with Gasteiger partial charge in [-0.1, -0.05) is 0 Å². The Morgan fingerprint density at radius 3 is 2.79 bits per heavy atom. The number of likely N-dealkylation sites (tertiary alicyclic amines) is 1. The molecular weight excluding hydrogens is 176 g/mol. The molecule has 1 atom stereocenters. The third kappa shape index (κ3) is 1.99. The quantitative estimate of drug-likeness (QED) is 0.749. The van der Waals surface area contributed by atoms with E-state index in [-0.39, 0.29) is 6.10 Å². The smallest absolute Gasteiger partial charge is 0.0564 e. The van der Waals surface area contributed by atoms with Crippen molar-refractivity contribution in [2.45, 2.75) is 31.9 Å². The van der Waals surface area contributed by atoms with Gasteiger partial charge in [-0.15, -0.1) is 0 Å². The van der Waals surface area contributed by atoms with E-state index in [0.29, 0.717) is 6.04 Å². The average Bonchev–Trinajstić information content (AvgIpc) is 2.71. The first-order valence-electron chi connectivity index (χ1n) is 5.33. The van der Waals surface area contributed by atoms with E-state index in [2.05, 4.69) is 22.9 Å². The first kappa shape index (κ1) is 9.74. The number of nitrogens with one attached hydrogen (secondary N) is 1. The fourth-order valence-electron chi connectivity index (χ4n) is 2.07. The molecule has 14 heavy (non-hydrogen) atoms. The molecule has 1 aromatic rings. The second kappa shape index (κ2) is 4.15. The number of aromatic nitrogens is 1. The van der Waals surface area contributed by atoms with Crippen molar-refractivity contribution in [3.8, 4) is 0 Å². The zero-order valence-electron chi connectivity index (χ0n) is 8.61. The Morgan fingerprint density at radius 1 is 1.50 bits per heavy atom. The second-order valence-corrected chi connectivity index (χ2v) is 4.07. The molecule has 1 aromatic heterocycles. The molecule has 1 fully saturated rings. The van der Waals surface area contributed by atoms with Gasteiger partial charge in [0.1, 0.15) is 0 Å². The van der Waals surface area contributed by atoms with Gasteiger partial charge in [0.2, 0.25) is 0 Å². The lowest BCUT2D eigenvalue weighted by Gasteiger charge is -2.33. The molecule has 78 valence electrons. The first-order chi connectivity index (χ1) is 6.77. The maximum Gasteiger partial charge on any atom is 0.0564 e. The number of piperidine rings is 1. The summed E-state index contributed by atoms with van der Waals surface area (Å²) in [7, 11) is 0.